The summed E-state index contributed by atoms with van der Waals surface area (Å²) in [6, 6.07) is 6.80. The first-order valence-corrected chi connectivity index (χ1v) is 6.48. The average molecular weight is 261 g/mol. The van der Waals surface area contributed by atoms with Crippen LogP contribution in [0.3, 0.4) is 0 Å². The summed E-state index contributed by atoms with van der Waals surface area (Å²) in [6.45, 7) is 6.22. The summed E-state index contributed by atoms with van der Waals surface area (Å²) < 4.78 is 18.2. The zero-order chi connectivity index (χ0) is 14.0. The van der Waals surface area contributed by atoms with Crippen molar-refractivity contribution in [1.29, 1.82) is 0 Å². The topological polar surface area (TPSA) is 21.3 Å². The van der Waals surface area contributed by atoms with Crippen LogP contribution in [0.1, 0.15) is 26.3 Å². The largest absolute Gasteiger partial charge is 0.501 e. The van der Waals surface area contributed by atoms with Gasteiger partial charge < -0.3 is 10.1 Å². The molecule has 102 valence electrons. The van der Waals surface area contributed by atoms with Gasteiger partial charge in [0, 0.05) is 11.6 Å². The molecule has 3 heteroatoms. The number of hydrogen-bond acceptors (Lipinski definition) is 2. The molecule has 0 aliphatic carbocycles. The van der Waals surface area contributed by atoms with Crippen LogP contribution in [-0.4, -0.2) is 13.2 Å². The van der Waals surface area contributed by atoms with Crippen LogP contribution in [0, 0.1) is 11.7 Å². The maximum absolute atomic E-state index is 12.9. The van der Waals surface area contributed by atoms with Gasteiger partial charge in [0.05, 0.1) is 18.9 Å². The fourth-order valence-corrected chi connectivity index (χ4v) is 2.40. The van der Waals surface area contributed by atoms with E-state index < -0.39 is 0 Å². The smallest absolute Gasteiger partial charge is 0.123 e. The van der Waals surface area contributed by atoms with Gasteiger partial charge in [0.2, 0.25) is 0 Å². The van der Waals surface area contributed by atoms with Crippen LogP contribution in [0.4, 0.5) is 4.39 Å². The van der Waals surface area contributed by atoms with Crippen LogP contribution < -0.4 is 5.32 Å². The Labute approximate surface area is 114 Å². The van der Waals surface area contributed by atoms with E-state index in [0.29, 0.717) is 5.92 Å². The van der Waals surface area contributed by atoms with Crippen molar-refractivity contribution in [3.8, 4) is 0 Å². The molecule has 2 atom stereocenters. The molecule has 1 aliphatic rings. The highest BCUT2D eigenvalue weighted by molar-refractivity contribution is 5.67. The predicted octanol–water partition coefficient (Wildman–Crippen LogP) is 3.71. The zero-order valence-corrected chi connectivity index (χ0v) is 11.8. The van der Waals surface area contributed by atoms with Gasteiger partial charge in [-0.25, -0.2) is 4.39 Å². The quantitative estimate of drug-likeness (QED) is 0.837. The van der Waals surface area contributed by atoms with Gasteiger partial charge in [-0.3, -0.25) is 0 Å². The van der Waals surface area contributed by atoms with Crippen molar-refractivity contribution < 1.29 is 9.13 Å². The van der Waals surface area contributed by atoms with E-state index in [4.69, 9.17) is 4.74 Å². The zero-order valence-electron chi connectivity index (χ0n) is 11.8. The Morgan fingerprint density at radius 2 is 1.84 bits per heavy atom. The molecule has 0 aromatic heterocycles. The molecule has 0 bridgehead atoms. The van der Waals surface area contributed by atoms with E-state index >= 15 is 0 Å². The second-order valence-electron chi connectivity index (χ2n) is 5.01. The molecular formula is C16H20FNO. The molecule has 1 heterocycles. The Hall–Kier alpha value is -1.77. The lowest BCUT2D eigenvalue weighted by Gasteiger charge is -2.20. The lowest BCUT2D eigenvalue weighted by atomic mass is 9.97. The van der Waals surface area contributed by atoms with E-state index in [2.05, 4.69) is 25.2 Å². The van der Waals surface area contributed by atoms with Gasteiger partial charge in [0.25, 0.3) is 0 Å². The fraction of sp³-hybridized carbons (Fsp3) is 0.375. The number of allylic oxidation sites excluding steroid dienone is 1. The third-order valence-corrected chi connectivity index (χ3v) is 3.75. The number of halogens is 1. The first-order chi connectivity index (χ1) is 9.02. The molecule has 0 saturated carbocycles. The molecule has 1 aliphatic heterocycles. The van der Waals surface area contributed by atoms with Crippen LogP contribution in [-0.2, 0) is 4.74 Å². The summed E-state index contributed by atoms with van der Waals surface area (Å²) in [7, 11) is 1.69. The van der Waals surface area contributed by atoms with E-state index in [1.54, 1.807) is 19.2 Å². The number of rotatable bonds is 3. The van der Waals surface area contributed by atoms with Crippen LogP contribution in [0.15, 0.2) is 41.7 Å². The molecule has 0 saturated heterocycles. The molecule has 2 rings (SSSR count). The number of ether oxygens (including phenoxy) is 1. The van der Waals surface area contributed by atoms with Crippen molar-refractivity contribution in [2.24, 2.45) is 5.92 Å². The molecule has 19 heavy (non-hydrogen) atoms. The van der Waals surface area contributed by atoms with Crippen LogP contribution in [0.25, 0.3) is 5.70 Å². The van der Waals surface area contributed by atoms with Crippen molar-refractivity contribution >= 4 is 5.70 Å². The minimum atomic E-state index is -0.210. The highest BCUT2D eigenvalue weighted by atomic mass is 19.1. The molecule has 1 aromatic rings. The third-order valence-electron chi connectivity index (χ3n) is 3.75. The summed E-state index contributed by atoms with van der Waals surface area (Å²) in [5.74, 6) is 1.11. The third kappa shape index (κ3) is 2.80. The summed E-state index contributed by atoms with van der Waals surface area (Å²) in [6.07, 6.45) is 2.18. The Balaban J connectivity index is 2.20. The van der Waals surface area contributed by atoms with Crippen molar-refractivity contribution in [3.05, 3.63) is 53.1 Å². The molecule has 1 aromatic carbocycles. The maximum atomic E-state index is 12.9. The highest BCUT2D eigenvalue weighted by Crippen LogP contribution is 2.29. The van der Waals surface area contributed by atoms with E-state index in [9.17, 15) is 4.39 Å². The van der Waals surface area contributed by atoms with Crippen LogP contribution in [0.2, 0.25) is 0 Å². The van der Waals surface area contributed by atoms with Gasteiger partial charge in [-0.2, -0.15) is 0 Å². The van der Waals surface area contributed by atoms with Gasteiger partial charge >= 0.3 is 0 Å². The molecular weight excluding hydrogens is 241 g/mol. The maximum Gasteiger partial charge on any atom is 0.123 e. The van der Waals surface area contributed by atoms with E-state index in [0.717, 1.165) is 17.0 Å². The number of nitrogens with one attached hydrogen (secondary N) is 1. The minimum Gasteiger partial charge on any atom is -0.501 e. The summed E-state index contributed by atoms with van der Waals surface area (Å²) in [4.78, 5) is 0. The van der Waals surface area contributed by atoms with Gasteiger partial charge in [-0.15, -0.1) is 0 Å². The van der Waals surface area contributed by atoms with Crippen molar-refractivity contribution in [2.45, 2.75) is 26.8 Å². The van der Waals surface area contributed by atoms with Crippen molar-refractivity contribution in [2.75, 3.05) is 7.11 Å². The molecule has 0 radical (unpaired) electrons. The molecule has 2 unspecified atom stereocenters. The molecule has 0 spiro atoms. The fourth-order valence-electron chi connectivity index (χ4n) is 2.40. The predicted molar refractivity (Wildman–Crippen MR) is 75.8 cm³/mol. The van der Waals surface area contributed by atoms with Gasteiger partial charge in [-0.1, -0.05) is 25.1 Å². The number of hydrogen-bond donors (Lipinski definition) is 1. The van der Waals surface area contributed by atoms with Crippen molar-refractivity contribution in [1.82, 2.24) is 5.32 Å². The highest BCUT2D eigenvalue weighted by Gasteiger charge is 2.26. The van der Waals surface area contributed by atoms with Crippen LogP contribution >= 0.6 is 0 Å². The van der Waals surface area contributed by atoms with E-state index in [1.165, 1.54) is 17.7 Å². The molecule has 0 fully saturated rings. The Morgan fingerprint density at radius 3 is 2.42 bits per heavy atom. The molecule has 2 nitrogen and oxygen atoms in total. The average Bonchev–Trinajstić information content (AvgIpc) is 2.80. The van der Waals surface area contributed by atoms with Gasteiger partial charge in [0.1, 0.15) is 5.82 Å². The summed E-state index contributed by atoms with van der Waals surface area (Å²) in [5.41, 5.74) is 3.27. The Bertz CT molecular complexity index is 516. The normalized spacial score (nSPS) is 23.5. The number of methoxy groups -OCH3 is 1. The first-order valence-electron chi connectivity index (χ1n) is 6.48. The van der Waals surface area contributed by atoms with Gasteiger partial charge in [0.15, 0.2) is 0 Å². The minimum absolute atomic E-state index is 0.210. The first kappa shape index (κ1) is 13.7. The SMILES string of the molecule is CO/C(C)=C(\C)C1NC(c2ccc(F)cc2)=CC1C. The lowest BCUT2D eigenvalue weighted by molar-refractivity contribution is 0.284. The van der Waals surface area contributed by atoms with Crippen LogP contribution in [0.5, 0.6) is 0 Å². The van der Waals surface area contributed by atoms with E-state index in [-0.39, 0.29) is 11.9 Å². The monoisotopic (exact) mass is 261 g/mol. The second-order valence-corrected chi connectivity index (χ2v) is 5.01. The summed E-state index contributed by atoms with van der Waals surface area (Å²) in [5, 5.41) is 3.49. The lowest BCUT2D eigenvalue weighted by Crippen LogP contribution is -2.29. The Kier molecular flexibility index (Phi) is 3.93. The summed E-state index contributed by atoms with van der Waals surface area (Å²) >= 11 is 0. The second kappa shape index (κ2) is 5.47. The van der Waals surface area contributed by atoms with Crippen molar-refractivity contribution in [3.63, 3.8) is 0 Å². The van der Waals surface area contributed by atoms with E-state index in [1.807, 2.05) is 6.92 Å². The van der Waals surface area contributed by atoms with Gasteiger partial charge in [-0.05, 0) is 37.1 Å². The molecule has 1 N–H and O–H groups in total. The standard InChI is InChI=1S/C16H20FNO/c1-10-9-15(13-5-7-14(17)8-6-13)18-16(10)11(2)12(3)19-4/h5-10,16,18H,1-4H3/b12-11+. The Morgan fingerprint density at radius 1 is 1.21 bits per heavy atom. The molecule has 0 amide bonds. The number of benzene rings is 1.